The second-order valence-electron chi connectivity index (χ2n) is 7.16. The van der Waals surface area contributed by atoms with Crippen molar-refractivity contribution in [3.05, 3.63) is 90.0 Å². The summed E-state index contributed by atoms with van der Waals surface area (Å²) < 4.78 is 30.2. The quantitative estimate of drug-likeness (QED) is 0.341. The lowest BCUT2D eigenvalue weighted by molar-refractivity contribution is -0.143. The number of esters is 1. The Morgan fingerprint density at radius 2 is 1.94 bits per heavy atom. The first kappa shape index (κ1) is 24.4. The molecule has 1 N–H and O–H groups in total. The Balaban J connectivity index is 1.69. The van der Waals surface area contributed by atoms with Crippen LogP contribution < -0.4 is 14.8 Å². The van der Waals surface area contributed by atoms with Gasteiger partial charge in [0.05, 0.1) is 32.4 Å². The second kappa shape index (κ2) is 12.2. The van der Waals surface area contributed by atoms with Gasteiger partial charge in [-0.2, -0.15) is 0 Å². The van der Waals surface area contributed by atoms with Crippen molar-refractivity contribution in [3.8, 4) is 17.2 Å². The lowest BCUT2D eigenvalue weighted by Crippen LogP contribution is -2.29. The fraction of sp³-hybridized carbons (Fsp3) is 0.192. The van der Waals surface area contributed by atoms with Gasteiger partial charge in [-0.3, -0.25) is 14.6 Å². The number of hydrogen-bond donors (Lipinski definition) is 1. The van der Waals surface area contributed by atoms with E-state index >= 15 is 0 Å². The molecule has 3 aromatic rings. The molecule has 0 spiro atoms. The highest BCUT2D eigenvalue weighted by atomic mass is 19.1. The van der Waals surface area contributed by atoms with Crippen LogP contribution in [0.15, 0.2) is 73.1 Å². The number of carbonyl (C=O) groups is 2. The van der Waals surface area contributed by atoms with E-state index in [4.69, 9.17) is 14.2 Å². The molecule has 1 atom stereocenters. The Bertz CT molecular complexity index is 1150. The highest BCUT2D eigenvalue weighted by molar-refractivity contribution is 5.92. The van der Waals surface area contributed by atoms with Gasteiger partial charge in [-0.05, 0) is 60.5 Å². The lowest BCUT2D eigenvalue weighted by atomic mass is 10.0. The van der Waals surface area contributed by atoms with Crippen molar-refractivity contribution in [2.24, 2.45) is 0 Å². The molecule has 176 valence electrons. The number of nitrogens with one attached hydrogen (secondary N) is 1. The molecule has 1 unspecified atom stereocenters. The summed E-state index contributed by atoms with van der Waals surface area (Å²) in [6, 6.07) is 14.1. The third-order valence-electron chi connectivity index (χ3n) is 4.73. The summed E-state index contributed by atoms with van der Waals surface area (Å²) in [6.07, 6.45) is 5.77. The van der Waals surface area contributed by atoms with Crippen LogP contribution >= 0.6 is 0 Å². The van der Waals surface area contributed by atoms with Crippen LogP contribution in [0, 0.1) is 5.82 Å². The number of pyridine rings is 1. The molecule has 0 aliphatic carbocycles. The highest BCUT2D eigenvalue weighted by Crippen LogP contribution is 2.25. The molecular weight excluding hydrogens is 439 g/mol. The first-order chi connectivity index (χ1) is 16.5. The van der Waals surface area contributed by atoms with Gasteiger partial charge in [-0.1, -0.05) is 18.2 Å². The number of halogens is 1. The van der Waals surface area contributed by atoms with E-state index in [1.54, 1.807) is 55.6 Å². The molecule has 0 fully saturated rings. The molecule has 2 aromatic carbocycles. The number of ether oxygens (including phenoxy) is 3. The summed E-state index contributed by atoms with van der Waals surface area (Å²) in [5.74, 6) is -0.418. The van der Waals surface area contributed by atoms with Gasteiger partial charge in [0.15, 0.2) is 11.6 Å². The summed E-state index contributed by atoms with van der Waals surface area (Å²) in [5, 5.41) is 2.80. The van der Waals surface area contributed by atoms with Crippen LogP contribution in [0.1, 0.15) is 30.5 Å². The zero-order valence-electron chi connectivity index (χ0n) is 18.9. The SMILES string of the molecule is CCOC(=O)CC(NC(=O)/C=C/c1ccc(Oc2cccnc2)c(F)c1)c1cccc(OC)c1. The molecule has 0 radical (unpaired) electrons. The van der Waals surface area contributed by atoms with E-state index in [9.17, 15) is 14.0 Å². The third-order valence-corrected chi connectivity index (χ3v) is 4.73. The molecule has 1 heterocycles. The smallest absolute Gasteiger partial charge is 0.308 e. The number of hydrogen-bond acceptors (Lipinski definition) is 6. The number of methoxy groups -OCH3 is 1. The highest BCUT2D eigenvalue weighted by Gasteiger charge is 2.19. The molecule has 1 aromatic heterocycles. The normalized spacial score (nSPS) is 11.6. The summed E-state index contributed by atoms with van der Waals surface area (Å²) in [4.78, 5) is 28.6. The average Bonchev–Trinajstić information content (AvgIpc) is 2.84. The summed E-state index contributed by atoms with van der Waals surface area (Å²) in [7, 11) is 1.53. The molecular formula is C26H25FN2O5. The minimum Gasteiger partial charge on any atom is -0.497 e. The predicted molar refractivity (Wildman–Crippen MR) is 125 cm³/mol. The first-order valence-electron chi connectivity index (χ1n) is 10.6. The van der Waals surface area contributed by atoms with Crippen LogP contribution in [0.2, 0.25) is 0 Å². The molecule has 3 rings (SSSR count). The molecule has 0 saturated heterocycles. The van der Waals surface area contributed by atoms with Gasteiger partial charge in [-0.15, -0.1) is 0 Å². The van der Waals surface area contributed by atoms with E-state index in [0.29, 0.717) is 22.6 Å². The minimum atomic E-state index is -0.627. The topological polar surface area (TPSA) is 86.8 Å². The Morgan fingerprint density at radius 1 is 1.12 bits per heavy atom. The van der Waals surface area contributed by atoms with Gasteiger partial charge in [0, 0.05) is 12.3 Å². The maximum atomic E-state index is 14.4. The number of benzene rings is 2. The van der Waals surface area contributed by atoms with Crippen molar-refractivity contribution in [2.45, 2.75) is 19.4 Å². The van der Waals surface area contributed by atoms with Crippen LogP contribution in [-0.2, 0) is 14.3 Å². The van der Waals surface area contributed by atoms with Gasteiger partial charge < -0.3 is 19.5 Å². The molecule has 0 bridgehead atoms. The van der Waals surface area contributed by atoms with Crippen molar-refractivity contribution >= 4 is 18.0 Å². The molecule has 34 heavy (non-hydrogen) atoms. The summed E-state index contributed by atoms with van der Waals surface area (Å²) in [6.45, 7) is 1.95. The average molecular weight is 464 g/mol. The maximum Gasteiger partial charge on any atom is 0.308 e. The molecule has 1 amide bonds. The third kappa shape index (κ3) is 7.16. The molecule has 0 saturated carbocycles. The first-order valence-corrected chi connectivity index (χ1v) is 10.6. The predicted octanol–water partition coefficient (Wildman–Crippen LogP) is 4.85. The number of amides is 1. The van der Waals surface area contributed by atoms with E-state index in [2.05, 4.69) is 10.3 Å². The van der Waals surface area contributed by atoms with Crippen LogP contribution in [-0.4, -0.2) is 30.6 Å². The Kier molecular flexibility index (Phi) is 8.73. The van der Waals surface area contributed by atoms with Gasteiger partial charge in [0.2, 0.25) is 5.91 Å². The Hall–Kier alpha value is -4.20. The van der Waals surface area contributed by atoms with Crippen LogP contribution in [0.4, 0.5) is 4.39 Å². The van der Waals surface area contributed by atoms with E-state index in [1.807, 2.05) is 0 Å². The number of rotatable bonds is 10. The van der Waals surface area contributed by atoms with E-state index in [-0.39, 0.29) is 18.8 Å². The summed E-state index contributed by atoms with van der Waals surface area (Å²) >= 11 is 0. The van der Waals surface area contributed by atoms with Gasteiger partial charge >= 0.3 is 5.97 Å². The zero-order valence-corrected chi connectivity index (χ0v) is 18.9. The number of carbonyl (C=O) groups excluding carboxylic acids is 2. The van der Waals surface area contributed by atoms with Crippen LogP contribution in [0.25, 0.3) is 6.08 Å². The van der Waals surface area contributed by atoms with Crippen molar-refractivity contribution in [2.75, 3.05) is 13.7 Å². The van der Waals surface area contributed by atoms with E-state index in [1.165, 1.54) is 37.6 Å². The molecule has 0 aliphatic heterocycles. The molecule has 8 heteroatoms. The van der Waals surface area contributed by atoms with E-state index in [0.717, 1.165) is 0 Å². The van der Waals surface area contributed by atoms with Gasteiger partial charge in [0.25, 0.3) is 0 Å². The maximum absolute atomic E-state index is 14.4. The van der Waals surface area contributed by atoms with Crippen LogP contribution in [0.5, 0.6) is 17.2 Å². The number of nitrogens with zero attached hydrogens (tertiary/aromatic N) is 1. The summed E-state index contributed by atoms with van der Waals surface area (Å²) in [5.41, 5.74) is 1.16. The number of aromatic nitrogens is 1. The fourth-order valence-electron chi connectivity index (χ4n) is 3.13. The van der Waals surface area contributed by atoms with E-state index < -0.39 is 23.7 Å². The van der Waals surface area contributed by atoms with Gasteiger partial charge in [-0.25, -0.2) is 4.39 Å². The monoisotopic (exact) mass is 464 g/mol. The minimum absolute atomic E-state index is 0.0436. The lowest BCUT2D eigenvalue weighted by Gasteiger charge is -2.18. The van der Waals surface area contributed by atoms with Crippen LogP contribution in [0.3, 0.4) is 0 Å². The van der Waals surface area contributed by atoms with Crippen molar-refractivity contribution < 1.29 is 28.2 Å². The second-order valence-corrected chi connectivity index (χ2v) is 7.16. The molecule has 7 nitrogen and oxygen atoms in total. The van der Waals surface area contributed by atoms with Crippen molar-refractivity contribution in [3.63, 3.8) is 0 Å². The fourth-order valence-corrected chi connectivity index (χ4v) is 3.13. The Morgan fingerprint density at radius 3 is 2.65 bits per heavy atom. The van der Waals surface area contributed by atoms with Gasteiger partial charge in [0.1, 0.15) is 11.5 Å². The zero-order chi connectivity index (χ0) is 24.3. The standard InChI is InChI=1S/C26H25FN2O5/c1-3-33-26(31)16-23(19-6-4-7-20(15-19)32-2)29-25(30)12-10-18-9-11-24(22(27)14-18)34-21-8-5-13-28-17-21/h4-15,17,23H,3,16H2,1-2H3,(H,29,30)/b12-10+. The molecule has 0 aliphatic rings. The Labute approximate surface area is 197 Å². The van der Waals surface area contributed by atoms with Crippen molar-refractivity contribution in [1.29, 1.82) is 0 Å². The largest absolute Gasteiger partial charge is 0.497 e. The van der Waals surface area contributed by atoms with Crippen molar-refractivity contribution in [1.82, 2.24) is 10.3 Å².